The van der Waals surface area contributed by atoms with E-state index in [4.69, 9.17) is 0 Å². The second-order valence-electron chi connectivity index (χ2n) is 4.76. The molecule has 0 radical (unpaired) electrons. The minimum absolute atomic E-state index is 0.0137. The Balaban J connectivity index is 2.43. The number of amides is 1. The number of benzene rings is 1. The number of carbonyl (C=O) groups is 1. The Hall–Kier alpha value is -1.77. The Morgan fingerprint density at radius 3 is 2.65 bits per heavy atom. The van der Waals surface area contributed by atoms with Gasteiger partial charge in [0.05, 0.1) is 0 Å². The largest absolute Gasteiger partial charge is 0.358 e. The van der Waals surface area contributed by atoms with Crippen LogP contribution in [-0.2, 0) is 0 Å². The summed E-state index contributed by atoms with van der Waals surface area (Å²) in [6.45, 7) is 8.03. The van der Waals surface area contributed by atoms with E-state index >= 15 is 0 Å². The average molecular weight is 230 g/mol. The molecule has 17 heavy (non-hydrogen) atoms. The Morgan fingerprint density at radius 2 is 2.00 bits per heavy atom. The standard InChI is InChI=1S/C14H18N2O/c1-8(2)15-14(17)11-5-6-13-12(7-11)9(3)10(4)16-13/h5-8,16H,1-4H3,(H,15,17). The van der Waals surface area contributed by atoms with E-state index in [1.807, 2.05) is 39.0 Å². The van der Waals surface area contributed by atoms with Gasteiger partial charge in [-0.05, 0) is 51.5 Å². The topological polar surface area (TPSA) is 44.9 Å². The van der Waals surface area contributed by atoms with Gasteiger partial charge < -0.3 is 10.3 Å². The number of hydrogen-bond acceptors (Lipinski definition) is 1. The zero-order chi connectivity index (χ0) is 12.6. The highest BCUT2D eigenvalue weighted by molar-refractivity contribution is 5.99. The predicted octanol–water partition coefficient (Wildman–Crippen LogP) is 2.92. The van der Waals surface area contributed by atoms with Crippen molar-refractivity contribution >= 4 is 16.8 Å². The monoisotopic (exact) mass is 230 g/mol. The van der Waals surface area contributed by atoms with E-state index < -0.39 is 0 Å². The molecule has 2 N–H and O–H groups in total. The molecular weight excluding hydrogens is 212 g/mol. The first-order chi connectivity index (χ1) is 7.99. The van der Waals surface area contributed by atoms with Crippen molar-refractivity contribution in [3.63, 3.8) is 0 Å². The van der Waals surface area contributed by atoms with E-state index in [0.717, 1.165) is 16.6 Å². The van der Waals surface area contributed by atoms with Crippen LogP contribution in [0.1, 0.15) is 35.5 Å². The maximum atomic E-state index is 11.9. The lowest BCUT2D eigenvalue weighted by Crippen LogP contribution is -2.29. The molecular formula is C14H18N2O. The first-order valence-corrected chi connectivity index (χ1v) is 5.89. The third-order valence-corrected chi connectivity index (χ3v) is 2.99. The van der Waals surface area contributed by atoms with E-state index in [1.165, 1.54) is 5.56 Å². The molecule has 0 fully saturated rings. The smallest absolute Gasteiger partial charge is 0.251 e. The molecule has 0 saturated carbocycles. The van der Waals surface area contributed by atoms with Crippen LogP contribution in [0, 0.1) is 13.8 Å². The van der Waals surface area contributed by atoms with Crippen molar-refractivity contribution in [2.24, 2.45) is 0 Å². The zero-order valence-electron chi connectivity index (χ0n) is 10.7. The number of H-pyrrole nitrogens is 1. The van der Waals surface area contributed by atoms with Crippen molar-refractivity contribution in [3.8, 4) is 0 Å². The van der Waals surface area contributed by atoms with Crippen LogP contribution in [0.3, 0.4) is 0 Å². The summed E-state index contributed by atoms with van der Waals surface area (Å²) < 4.78 is 0. The van der Waals surface area contributed by atoms with E-state index in [-0.39, 0.29) is 11.9 Å². The fraction of sp³-hybridized carbons (Fsp3) is 0.357. The molecule has 90 valence electrons. The molecule has 0 spiro atoms. The Morgan fingerprint density at radius 1 is 1.29 bits per heavy atom. The zero-order valence-corrected chi connectivity index (χ0v) is 10.7. The third-order valence-electron chi connectivity index (χ3n) is 2.99. The minimum atomic E-state index is -0.0137. The fourth-order valence-electron chi connectivity index (χ4n) is 1.95. The number of aromatic amines is 1. The van der Waals surface area contributed by atoms with Crippen LogP contribution in [0.25, 0.3) is 10.9 Å². The third kappa shape index (κ3) is 2.18. The SMILES string of the molecule is Cc1[nH]c2ccc(C(=O)NC(C)C)cc2c1C. The van der Waals surface area contributed by atoms with Crippen LogP contribution in [-0.4, -0.2) is 16.9 Å². The van der Waals surface area contributed by atoms with Gasteiger partial charge in [0.1, 0.15) is 0 Å². The van der Waals surface area contributed by atoms with Crippen molar-refractivity contribution in [2.45, 2.75) is 33.7 Å². The van der Waals surface area contributed by atoms with Crippen molar-refractivity contribution < 1.29 is 4.79 Å². The van der Waals surface area contributed by atoms with Crippen molar-refractivity contribution in [2.75, 3.05) is 0 Å². The summed E-state index contributed by atoms with van der Waals surface area (Å²) in [7, 11) is 0. The van der Waals surface area contributed by atoms with Crippen molar-refractivity contribution in [1.82, 2.24) is 10.3 Å². The number of hydrogen-bond donors (Lipinski definition) is 2. The van der Waals surface area contributed by atoms with Gasteiger partial charge in [0.2, 0.25) is 0 Å². The molecule has 1 aromatic carbocycles. The summed E-state index contributed by atoms with van der Waals surface area (Å²) in [6.07, 6.45) is 0. The molecule has 0 saturated heterocycles. The minimum Gasteiger partial charge on any atom is -0.358 e. The molecule has 2 aromatic rings. The van der Waals surface area contributed by atoms with Gasteiger partial charge in [-0.15, -0.1) is 0 Å². The second kappa shape index (κ2) is 4.24. The second-order valence-corrected chi connectivity index (χ2v) is 4.76. The van der Waals surface area contributed by atoms with Crippen LogP contribution < -0.4 is 5.32 Å². The first kappa shape index (κ1) is 11.7. The maximum Gasteiger partial charge on any atom is 0.251 e. The summed E-state index contributed by atoms with van der Waals surface area (Å²) in [5.74, 6) is -0.0137. The Labute approximate surface area is 101 Å². The average Bonchev–Trinajstić information content (AvgIpc) is 2.54. The number of fused-ring (bicyclic) bond motifs is 1. The predicted molar refractivity (Wildman–Crippen MR) is 70.4 cm³/mol. The lowest BCUT2D eigenvalue weighted by Gasteiger charge is -2.08. The summed E-state index contributed by atoms with van der Waals surface area (Å²) in [5.41, 5.74) is 4.16. The molecule has 1 amide bonds. The summed E-state index contributed by atoms with van der Waals surface area (Å²) >= 11 is 0. The lowest BCUT2D eigenvalue weighted by atomic mass is 10.1. The molecule has 0 aliphatic carbocycles. The van der Waals surface area contributed by atoms with Crippen LogP contribution in [0.4, 0.5) is 0 Å². The lowest BCUT2D eigenvalue weighted by molar-refractivity contribution is 0.0943. The van der Waals surface area contributed by atoms with Gasteiger partial charge in [-0.25, -0.2) is 0 Å². The first-order valence-electron chi connectivity index (χ1n) is 5.89. The van der Waals surface area contributed by atoms with Crippen LogP contribution in [0.5, 0.6) is 0 Å². The highest BCUT2D eigenvalue weighted by Gasteiger charge is 2.10. The molecule has 2 rings (SSSR count). The highest BCUT2D eigenvalue weighted by atomic mass is 16.1. The summed E-state index contributed by atoms with van der Waals surface area (Å²) in [5, 5.41) is 4.02. The molecule has 1 heterocycles. The number of aromatic nitrogens is 1. The van der Waals surface area contributed by atoms with Gasteiger partial charge >= 0.3 is 0 Å². The summed E-state index contributed by atoms with van der Waals surface area (Å²) in [4.78, 5) is 15.2. The summed E-state index contributed by atoms with van der Waals surface area (Å²) in [6, 6.07) is 5.93. The molecule has 0 atom stereocenters. The number of rotatable bonds is 2. The molecule has 0 unspecified atom stereocenters. The normalized spacial score (nSPS) is 11.1. The van der Waals surface area contributed by atoms with Crippen LogP contribution >= 0.6 is 0 Å². The fourth-order valence-corrected chi connectivity index (χ4v) is 1.95. The van der Waals surface area contributed by atoms with Gasteiger partial charge in [-0.1, -0.05) is 0 Å². The van der Waals surface area contributed by atoms with Gasteiger partial charge in [0.15, 0.2) is 0 Å². The van der Waals surface area contributed by atoms with Crippen molar-refractivity contribution in [3.05, 3.63) is 35.0 Å². The molecule has 1 aromatic heterocycles. The molecule has 0 aliphatic rings. The van der Waals surface area contributed by atoms with Gasteiger partial charge in [-0.3, -0.25) is 4.79 Å². The number of nitrogens with one attached hydrogen (secondary N) is 2. The number of aryl methyl sites for hydroxylation is 2. The quantitative estimate of drug-likeness (QED) is 0.818. The van der Waals surface area contributed by atoms with E-state index in [9.17, 15) is 4.79 Å². The molecule has 0 aliphatic heterocycles. The molecule has 3 nitrogen and oxygen atoms in total. The highest BCUT2D eigenvalue weighted by Crippen LogP contribution is 2.22. The Bertz CT molecular complexity index is 567. The van der Waals surface area contributed by atoms with Gasteiger partial charge in [0, 0.05) is 28.2 Å². The van der Waals surface area contributed by atoms with E-state index in [1.54, 1.807) is 0 Å². The molecule has 3 heteroatoms. The maximum absolute atomic E-state index is 11.9. The van der Waals surface area contributed by atoms with E-state index in [2.05, 4.69) is 17.2 Å². The van der Waals surface area contributed by atoms with Crippen LogP contribution in [0.15, 0.2) is 18.2 Å². The number of carbonyl (C=O) groups excluding carboxylic acids is 1. The van der Waals surface area contributed by atoms with Gasteiger partial charge in [0.25, 0.3) is 5.91 Å². The Kier molecular flexibility index (Phi) is 2.92. The van der Waals surface area contributed by atoms with Crippen LogP contribution in [0.2, 0.25) is 0 Å². The van der Waals surface area contributed by atoms with Crippen molar-refractivity contribution in [1.29, 1.82) is 0 Å². The molecule has 0 bridgehead atoms. The van der Waals surface area contributed by atoms with E-state index in [0.29, 0.717) is 5.56 Å². The van der Waals surface area contributed by atoms with Gasteiger partial charge in [-0.2, -0.15) is 0 Å².